The number of pyridine rings is 4. The number of hydrogen-bond donors (Lipinski definition) is 7. The predicted molar refractivity (Wildman–Crippen MR) is 459 cm³/mol. The van der Waals surface area contributed by atoms with Gasteiger partial charge in [-0.15, -0.1) is 0 Å². The lowest BCUT2D eigenvalue weighted by Gasteiger charge is -2.37. The molecule has 0 aliphatic carbocycles. The van der Waals surface area contributed by atoms with Crippen LogP contribution in [0.1, 0.15) is 197 Å². The lowest BCUT2D eigenvalue weighted by Crippen LogP contribution is -2.37. The Balaban J connectivity index is 0.000000195. The Bertz CT molecular complexity index is 4930. The molecule has 3 saturated heterocycles. The molecule has 7 heterocycles. The molecule has 25 nitrogen and oxygen atoms in total. The fraction of sp³-hybridized carbons (Fsp3) is 0.416. The summed E-state index contributed by atoms with van der Waals surface area (Å²) in [5, 5.41) is 40.3. The first-order chi connectivity index (χ1) is 54.7. The Morgan fingerprint density at radius 3 is 0.931 bits per heavy atom. The minimum Gasteiger partial charge on any atom is -0.478 e. The number of methoxy groups -OCH3 is 3. The van der Waals surface area contributed by atoms with Crippen LogP contribution in [-0.2, 0) is 14.2 Å². The molecule has 3 atom stereocenters. The van der Waals surface area contributed by atoms with E-state index in [2.05, 4.69) is 84.8 Å². The molecular weight excluding hydrogens is 1510 g/mol. The molecule has 116 heavy (non-hydrogen) atoms. The zero-order valence-corrected chi connectivity index (χ0v) is 72.3. The van der Waals surface area contributed by atoms with E-state index in [0.717, 1.165) is 125 Å². The van der Waals surface area contributed by atoms with E-state index in [9.17, 15) is 53.7 Å². The van der Waals surface area contributed by atoms with Gasteiger partial charge in [0.05, 0.1) is 51.7 Å². The molecule has 4 aromatic carbocycles. The molecule has 618 valence electrons. The largest absolute Gasteiger partial charge is 0.478 e. The highest BCUT2D eigenvalue weighted by atomic mass is 35.5. The van der Waals surface area contributed by atoms with Gasteiger partial charge in [0.1, 0.15) is 45.4 Å². The summed E-state index contributed by atoms with van der Waals surface area (Å²) in [6, 6.07) is 29.6. The normalized spacial score (nSPS) is 15.0. The van der Waals surface area contributed by atoms with E-state index in [1.165, 1.54) is 40.2 Å². The van der Waals surface area contributed by atoms with E-state index in [1.54, 1.807) is 81.4 Å². The summed E-state index contributed by atoms with van der Waals surface area (Å²) < 4.78 is 14.3. The number of anilines is 7. The first kappa shape index (κ1) is 90.6. The van der Waals surface area contributed by atoms with Gasteiger partial charge in [0, 0.05) is 87.1 Å². The molecule has 3 unspecified atom stereocenters. The fourth-order valence-electron chi connectivity index (χ4n) is 14.3. The molecule has 0 spiro atoms. The minimum atomic E-state index is -1.28. The van der Waals surface area contributed by atoms with Crippen molar-refractivity contribution in [1.29, 1.82) is 0 Å². The summed E-state index contributed by atoms with van der Waals surface area (Å²) in [4.78, 5) is 123. The van der Waals surface area contributed by atoms with E-state index < -0.39 is 32.0 Å². The predicted octanol–water partition coefficient (Wildman–Crippen LogP) is 16.1. The minimum absolute atomic E-state index is 0.153. The molecule has 3 fully saturated rings. The van der Waals surface area contributed by atoms with Crippen molar-refractivity contribution in [2.45, 2.75) is 154 Å². The Hall–Kier alpha value is -10.9. The maximum absolute atomic E-state index is 13.3. The Kier molecular flexibility index (Phi) is 30.9. The smallest absolute Gasteiger partial charge is 0.337 e. The van der Waals surface area contributed by atoms with Crippen molar-refractivity contribution in [2.24, 2.45) is 17.8 Å². The second kappa shape index (κ2) is 39.6. The van der Waals surface area contributed by atoms with Gasteiger partial charge in [-0.05, 0) is 253 Å². The third-order valence-electron chi connectivity index (χ3n) is 22.3. The summed E-state index contributed by atoms with van der Waals surface area (Å²) in [5.41, 5.74) is 14.7. The Morgan fingerprint density at radius 1 is 0.414 bits per heavy atom. The number of aromatic nitrogens is 4. The molecule has 8 aromatic rings. The van der Waals surface area contributed by atoms with Crippen molar-refractivity contribution in [3.63, 3.8) is 0 Å². The monoisotopic (exact) mass is 1620 g/mol. The van der Waals surface area contributed by atoms with Crippen molar-refractivity contribution < 1.29 is 67.9 Å². The lowest BCUT2D eigenvalue weighted by molar-refractivity contribution is 0.0591. The number of nitrogens with one attached hydrogen (secondary N) is 4. The summed E-state index contributed by atoms with van der Waals surface area (Å²) in [5.74, 6) is 0.0761. The number of aliphatic hydroxyl groups is 2. The number of aliphatic hydroxyl groups excluding tert-OH is 2. The van der Waals surface area contributed by atoms with Crippen LogP contribution in [0.2, 0.25) is 29.3 Å². The molecule has 27 heteroatoms. The van der Waals surface area contributed by atoms with E-state index >= 15 is 0 Å². The number of aromatic carboxylic acids is 1. The number of esters is 3. The van der Waals surface area contributed by atoms with Crippen LogP contribution in [0.5, 0.6) is 0 Å². The number of rotatable bonds is 20. The summed E-state index contributed by atoms with van der Waals surface area (Å²) in [6.45, 7) is 39.5. The van der Waals surface area contributed by atoms with Gasteiger partial charge in [0.15, 0.2) is 0 Å². The number of hydrogen-bond acceptors (Lipinski definition) is 20. The number of carboxylic acids is 1. The maximum atomic E-state index is 13.3. The van der Waals surface area contributed by atoms with Crippen LogP contribution in [-0.4, -0.2) is 165 Å². The van der Waals surface area contributed by atoms with Gasteiger partial charge < -0.3 is 65.5 Å². The van der Waals surface area contributed by atoms with Crippen LogP contribution in [0.15, 0.2) is 97.1 Å². The van der Waals surface area contributed by atoms with E-state index in [4.69, 9.17) is 30.8 Å². The van der Waals surface area contributed by atoms with Crippen molar-refractivity contribution in [3.8, 4) is 0 Å². The second-order valence-corrected chi connectivity index (χ2v) is 38.3. The number of ether oxygens (including phenoxy) is 3. The molecule has 3 aliphatic heterocycles. The maximum Gasteiger partial charge on any atom is 0.337 e. The highest BCUT2D eigenvalue weighted by Gasteiger charge is 2.37. The summed E-state index contributed by atoms with van der Waals surface area (Å²) in [7, 11) is 2.76. The molecule has 0 bridgehead atoms. The standard InChI is InChI=1S/C29H43N3O3Si.C22H27N3O4.C21H25N3O4.C17H17ClN2O3/c1-19-10-11-24(32-14-12-22(18-32)13-15-36(8,9)29(4,5)6)30-26(19)27(33)31-25-20(2)16-23(17-21(25)3)28(34)35-7;1-13-5-6-18(25-8-7-16(11-25)12-26)23-20(13)21(27)24-19-14(2)9-17(10-15(19)3)22(28)29-4;1-12-4-5-17(24-7-6-15(10-24)11-25)22-19(12)20(26)23-18-13(2)8-16(21(27)28)9-14(18)3;1-9-5-6-13(18)19-15(9)16(21)20-14-10(2)7-12(8-11(14)3)17(22)23-4/h10-11,16-17,22H,12-15,18H2,1-9H3,(H,31,33);5-6,9-10,16,26H,7-8,11-12H2,1-4H3,(H,24,27);4-5,8-9,15,25H,6-7,10-11H2,1-3H3,(H,23,26)(H,27,28);5-8H,1-4H3,(H,20,21). The van der Waals surface area contributed by atoms with Gasteiger partial charge in [-0.2, -0.15) is 0 Å². The second-order valence-electron chi connectivity index (χ2n) is 32.2. The molecule has 4 amide bonds. The number of carbonyl (C=O) groups excluding carboxylic acids is 7. The Morgan fingerprint density at radius 2 is 0.672 bits per heavy atom. The topological polar surface area (TPSA) is 334 Å². The number of amides is 4. The molecule has 0 radical (unpaired) electrons. The van der Waals surface area contributed by atoms with Gasteiger partial charge in [-0.25, -0.2) is 39.1 Å². The molecule has 0 saturated carbocycles. The number of aryl methyl sites for hydroxylation is 12. The summed E-state index contributed by atoms with van der Waals surface area (Å²) in [6.07, 6.45) is 4.27. The number of carbonyl (C=O) groups is 8. The highest BCUT2D eigenvalue weighted by molar-refractivity contribution is 6.80. The van der Waals surface area contributed by atoms with Gasteiger partial charge in [0.25, 0.3) is 23.6 Å². The van der Waals surface area contributed by atoms with Crippen LogP contribution >= 0.6 is 11.6 Å². The average Bonchev–Trinajstić information content (AvgIpc) is 1.50. The zero-order valence-electron chi connectivity index (χ0n) is 70.5. The van der Waals surface area contributed by atoms with Crippen molar-refractivity contribution in [2.75, 3.05) is 110 Å². The SMILES string of the molecule is COC(=O)c1cc(C)c(NC(=O)c2nc(Cl)ccc2C)c(C)c1.COC(=O)c1cc(C)c(NC(=O)c2nc(N3CCC(CC[Si](C)(C)C(C)(C)C)C3)ccc2C)c(C)c1.COC(=O)c1cc(C)c(NC(=O)c2nc(N3CCC(CO)C3)ccc2C)c(C)c1.Cc1ccc(N2CCC(CO)C2)nc1C(=O)Nc1c(C)cc(C(=O)O)cc1C. The zero-order chi connectivity index (χ0) is 85.5. The van der Waals surface area contributed by atoms with Crippen LogP contribution in [0.25, 0.3) is 0 Å². The third-order valence-corrected chi connectivity index (χ3v) is 28.1. The quantitative estimate of drug-likeness (QED) is 0.0161. The number of carboxylic acid groups (broad SMARTS) is 1. The van der Waals surface area contributed by atoms with Gasteiger partial charge >= 0.3 is 23.9 Å². The van der Waals surface area contributed by atoms with Crippen molar-refractivity contribution in [1.82, 2.24) is 19.9 Å². The van der Waals surface area contributed by atoms with E-state index in [1.807, 2.05) is 98.7 Å². The number of halogens is 1. The van der Waals surface area contributed by atoms with Gasteiger partial charge in [-0.3, -0.25) is 19.2 Å². The van der Waals surface area contributed by atoms with Crippen LogP contribution in [0.4, 0.5) is 40.2 Å². The van der Waals surface area contributed by atoms with Crippen LogP contribution < -0.4 is 36.0 Å². The third kappa shape index (κ3) is 22.8. The summed E-state index contributed by atoms with van der Waals surface area (Å²) >= 11 is 5.86. The van der Waals surface area contributed by atoms with Gasteiger partial charge in [-0.1, -0.05) is 82.2 Å². The average molecular weight is 1620 g/mol. The first-order valence-electron chi connectivity index (χ1n) is 38.9. The molecular formula is C89H112ClN11O14Si. The number of nitrogens with zero attached hydrogens (tertiary/aromatic N) is 7. The fourth-order valence-corrected chi connectivity index (χ4v) is 16.3. The molecule has 3 aliphatic rings. The van der Waals surface area contributed by atoms with Gasteiger partial charge in [0.2, 0.25) is 0 Å². The molecule has 11 rings (SSSR count). The lowest BCUT2D eigenvalue weighted by atomic mass is 10.0. The first-order valence-corrected chi connectivity index (χ1v) is 42.5. The Labute approximate surface area is 686 Å². The van der Waals surface area contributed by atoms with E-state index in [-0.39, 0.29) is 65.1 Å². The highest BCUT2D eigenvalue weighted by Crippen LogP contribution is 2.42. The molecule has 4 aromatic heterocycles. The number of benzene rings is 4. The van der Waals surface area contributed by atoms with Crippen molar-refractivity contribution >= 4 is 107 Å². The molecule has 7 N–H and O–H groups in total. The van der Waals surface area contributed by atoms with Crippen LogP contribution in [0, 0.1) is 101 Å². The van der Waals surface area contributed by atoms with Crippen LogP contribution in [0.3, 0.4) is 0 Å². The van der Waals surface area contributed by atoms with Crippen molar-refractivity contribution in [3.05, 3.63) is 214 Å². The van der Waals surface area contributed by atoms with E-state index in [0.29, 0.717) is 78.6 Å².